The number of carbonyl (C=O) groups excluding carboxylic acids is 1. The van der Waals surface area contributed by atoms with Crippen LogP contribution in [0.15, 0.2) is 12.1 Å². The van der Waals surface area contributed by atoms with E-state index < -0.39 is 0 Å². The predicted molar refractivity (Wildman–Crippen MR) is 56.3 cm³/mol. The highest BCUT2D eigenvalue weighted by molar-refractivity contribution is 5.95. The van der Waals surface area contributed by atoms with Gasteiger partial charge in [0.1, 0.15) is 17.4 Å². The number of aryl methyl sites for hydroxylation is 1. The average Bonchev–Trinajstić information content (AvgIpc) is 2.18. The van der Waals surface area contributed by atoms with Gasteiger partial charge < -0.3 is 9.47 Å². The van der Waals surface area contributed by atoms with Gasteiger partial charge in [0.25, 0.3) is 0 Å². The van der Waals surface area contributed by atoms with Crippen LogP contribution in [0.3, 0.4) is 0 Å². The Morgan fingerprint density at radius 3 is 2.87 bits per heavy atom. The molecule has 1 heterocycles. The van der Waals surface area contributed by atoms with Gasteiger partial charge in [-0.05, 0) is 25.0 Å². The first-order chi connectivity index (χ1) is 7.13. The van der Waals surface area contributed by atoms with Crippen molar-refractivity contribution in [2.24, 2.45) is 0 Å². The molecule has 1 aliphatic rings. The molecule has 2 rings (SSSR count). The summed E-state index contributed by atoms with van der Waals surface area (Å²) >= 11 is 0. The molecular formula is C12H14O3. The molecule has 1 aromatic rings. The second-order valence-corrected chi connectivity index (χ2v) is 3.87. The van der Waals surface area contributed by atoms with Gasteiger partial charge in [-0.15, -0.1) is 0 Å². The van der Waals surface area contributed by atoms with Crippen LogP contribution in [0.5, 0.6) is 5.75 Å². The topological polar surface area (TPSA) is 35.5 Å². The summed E-state index contributed by atoms with van der Waals surface area (Å²) in [5.74, 6) is 0.369. The van der Waals surface area contributed by atoms with Gasteiger partial charge >= 0.3 is 5.97 Å². The maximum atomic E-state index is 11.7. The minimum atomic E-state index is -0.274. The second kappa shape index (κ2) is 3.57. The molecule has 1 atom stereocenters. The number of carbonyl (C=O) groups is 1. The van der Waals surface area contributed by atoms with E-state index in [9.17, 15) is 4.79 Å². The van der Waals surface area contributed by atoms with Gasteiger partial charge in [-0.2, -0.15) is 0 Å². The molecule has 80 valence electrons. The lowest BCUT2D eigenvalue weighted by molar-refractivity contribution is 0.0296. The van der Waals surface area contributed by atoms with Crippen molar-refractivity contribution in [3.05, 3.63) is 28.8 Å². The summed E-state index contributed by atoms with van der Waals surface area (Å²) < 4.78 is 10.4. The third kappa shape index (κ3) is 1.58. The summed E-state index contributed by atoms with van der Waals surface area (Å²) in [6.07, 6.45) is 0.718. The summed E-state index contributed by atoms with van der Waals surface area (Å²) in [6, 6.07) is 3.95. The quantitative estimate of drug-likeness (QED) is 0.660. The first kappa shape index (κ1) is 10.0. The van der Waals surface area contributed by atoms with Crippen LogP contribution in [0.4, 0.5) is 0 Å². The minimum absolute atomic E-state index is 0.0441. The number of hydrogen-bond acceptors (Lipinski definition) is 3. The van der Waals surface area contributed by atoms with E-state index in [1.165, 1.54) is 0 Å². The zero-order valence-corrected chi connectivity index (χ0v) is 9.16. The first-order valence-electron chi connectivity index (χ1n) is 5.01. The molecule has 0 saturated carbocycles. The minimum Gasteiger partial charge on any atom is -0.496 e. The van der Waals surface area contributed by atoms with Crippen molar-refractivity contribution in [2.45, 2.75) is 26.4 Å². The average molecular weight is 206 g/mol. The standard InChI is InChI=1S/C12H14O3/c1-7-4-5-9-6-8(2)15-12(13)10(9)11(7)14-3/h4-5,8H,6H2,1-3H3/t8-/m1/s1. The molecule has 0 bridgehead atoms. The highest BCUT2D eigenvalue weighted by atomic mass is 16.5. The van der Waals surface area contributed by atoms with E-state index in [2.05, 4.69) is 0 Å². The Hall–Kier alpha value is -1.51. The van der Waals surface area contributed by atoms with Crippen LogP contribution < -0.4 is 4.74 Å². The largest absolute Gasteiger partial charge is 0.496 e. The molecule has 0 fully saturated rings. The molecule has 0 aromatic heterocycles. The lowest BCUT2D eigenvalue weighted by atomic mass is 9.96. The SMILES string of the molecule is COc1c(C)ccc2c1C(=O)O[C@H](C)C2. The number of methoxy groups -OCH3 is 1. The molecule has 15 heavy (non-hydrogen) atoms. The molecule has 0 N–H and O–H groups in total. The monoisotopic (exact) mass is 206 g/mol. The molecule has 0 saturated heterocycles. The Kier molecular flexibility index (Phi) is 2.39. The van der Waals surface area contributed by atoms with Gasteiger partial charge in [0.05, 0.1) is 7.11 Å². The summed E-state index contributed by atoms with van der Waals surface area (Å²) in [6.45, 7) is 3.82. The van der Waals surface area contributed by atoms with E-state index in [-0.39, 0.29) is 12.1 Å². The molecule has 0 aliphatic carbocycles. The lowest BCUT2D eigenvalue weighted by Gasteiger charge is -2.23. The number of ether oxygens (including phenoxy) is 2. The van der Waals surface area contributed by atoms with Gasteiger partial charge in [-0.1, -0.05) is 12.1 Å². The summed E-state index contributed by atoms with van der Waals surface area (Å²) in [5, 5.41) is 0. The van der Waals surface area contributed by atoms with Gasteiger partial charge in [-0.25, -0.2) is 4.79 Å². The molecule has 0 spiro atoms. The number of rotatable bonds is 1. The number of hydrogen-bond donors (Lipinski definition) is 0. The van der Waals surface area contributed by atoms with E-state index in [4.69, 9.17) is 9.47 Å². The Balaban J connectivity index is 2.60. The third-order valence-electron chi connectivity index (χ3n) is 2.66. The van der Waals surface area contributed by atoms with Crippen LogP contribution in [0.1, 0.15) is 28.4 Å². The fourth-order valence-corrected chi connectivity index (χ4v) is 1.98. The van der Waals surface area contributed by atoms with Crippen LogP contribution in [-0.4, -0.2) is 19.2 Å². The van der Waals surface area contributed by atoms with Crippen LogP contribution in [0, 0.1) is 6.92 Å². The van der Waals surface area contributed by atoms with Crippen molar-refractivity contribution in [1.82, 2.24) is 0 Å². The Morgan fingerprint density at radius 2 is 2.20 bits per heavy atom. The van der Waals surface area contributed by atoms with Crippen LogP contribution >= 0.6 is 0 Å². The smallest absolute Gasteiger partial charge is 0.342 e. The Labute approximate surface area is 89.0 Å². The number of benzene rings is 1. The number of esters is 1. The maximum absolute atomic E-state index is 11.7. The first-order valence-corrected chi connectivity index (χ1v) is 5.01. The zero-order valence-electron chi connectivity index (χ0n) is 9.16. The van der Waals surface area contributed by atoms with E-state index in [1.807, 2.05) is 26.0 Å². The molecule has 3 nitrogen and oxygen atoms in total. The molecule has 1 aliphatic heterocycles. The van der Waals surface area contributed by atoms with Crippen molar-refractivity contribution in [1.29, 1.82) is 0 Å². The second-order valence-electron chi connectivity index (χ2n) is 3.87. The van der Waals surface area contributed by atoms with Gasteiger partial charge in [0, 0.05) is 6.42 Å². The van der Waals surface area contributed by atoms with Crippen molar-refractivity contribution < 1.29 is 14.3 Å². The summed E-state index contributed by atoms with van der Waals surface area (Å²) in [5.41, 5.74) is 2.57. The maximum Gasteiger partial charge on any atom is 0.342 e. The van der Waals surface area contributed by atoms with Crippen molar-refractivity contribution in [3.63, 3.8) is 0 Å². The third-order valence-corrected chi connectivity index (χ3v) is 2.66. The fourth-order valence-electron chi connectivity index (χ4n) is 1.98. The normalized spacial score (nSPS) is 19.4. The van der Waals surface area contributed by atoms with Crippen molar-refractivity contribution in [3.8, 4) is 5.75 Å². The molecular weight excluding hydrogens is 192 g/mol. The van der Waals surface area contributed by atoms with E-state index in [1.54, 1.807) is 7.11 Å². The van der Waals surface area contributed by atoms with E-state index >= 15 is 0 Å². The molecule has 1 aromatic carbocycles. The molecule has 0 amide bonds. The van der Waals surface area contributed by atoms with Crippen molar-refractivity contribution >= 4 is 5.97 Å². The highest BCUT2D eigenvalue weighted by Gasteiger charge is 2.27. The lowest BCUT2D eigenvalue weighted by Crippen LogP contribution is -2.25. The van der Waals surface area contributed by atoms with Gasteiger partial charge in [0.2, 0.25) is 0 Å². The van der Waals surface area contributed by atoms with E-state index in [0.29, 0.717) is 11.3 Å². The predicted octanol–water partition coefficient (Wildman–Crippen LogP) is 2.11. The highest BCUT2D eigenvalue weighted by Crippen LogP contribution is 2.31. The van der Waals surface area contributed by atoms with Crippen LogP contribution in [0.25, 0.3) is 0 Å². The zero-order chi connectivity index (χ0) is 11.0. The molecule has 3 heteroatoms. The fraction of sp³-hybridized carbons (Fsp3) is 0.417. The Bertz CT molecular complexity index is 410. The van der Waals surface area contributed by atoms with Crippen LogP contribution in [0.2, 0.25) is 0 Å². The van der Waals surface area contributed by atoms with Gasteiger partial charge in [0.15, 0.2) is 0 Å². The molecule has 0 radical (unpaired) electrons. The Morgan fingerprint density at radius 1 is 1.47 bits per heavy atom. The molecule has 0 unspecified atom stereocenters. The number of cyclic esters (lactones) is 1. The van der Waals surface area contributed by atoms with Crippen molar-refractivity contribution in [2.75, 3.05) is 7.11 Å². The van der Waals surface area contributed by atoms with E-state index in [0.717, 1.165) is 17.5 Å². The summed E-state index contributed by atoms with van der Waals surface area (Å²) in [4.78, 5) is 11.7. The van der Waals surface area contributed by atoms with Crippen LogP contribution in [-0.2, 0) is 11.2 Å². The summed E-state index contributed by atoms with van der Waals surface area (Å²) in [7, 11) is 1.58. The number of fused-ring (bicyclic) bond motifs is 1. The van der Waals surface area contributed by atoms with Gasteiger partial charge in [-0.3, -0.25) is 0 Å².